The molecule has 2 nitrogen and oxygen atoms in total. The Morgan fingerprint density at radius 3 is 0.550 bits per heavy atom. The van der Waals surface area contributed by atoms with Crippen molar-refractivity contribution in [1.82, 2.24) is 10.6 Å². The van der Waals surface area contributed by atoms with Crippen molar-refractivity contribution in [2.45, 2.75) is 156 Å². The van der Waals surface area contributed by atoms with Crippen LogP contribution in [0.3, 0.4) is 0 Å². The van der Waals surface area contributed by atoms with Crippen LogP contribution in [0.1, 0.15) is 111 Å². The molecule has 0 heterocycles. The minimum Gasteiger partial charge on any atom is -1.00 e. The van der Waals surface area contributed by atoms with Crippen molar-refractivity contribution in [2.24, 2.45) is 0 Å². The van der Waals surface area contributed by atoms with Gasteiger partial charge in [-0.25, -0.2) is 0 Å². The number of rotatable bonds is 20. The van der Waals surface area contributed by atoms with Crippen molar-refractivity contribution in [3.63, 3.8) is 0 Å². The molecule has 0 saturated carbocycles. The van der Waals surface area contributed by atoms with E-state index in [0.717, 1.165) is 45.3 Å². The van der Waals surface area contributed by atoms with Crippen LogP contribution in [0.2, 0.25) is 0 Å². The normalized spacial score (nSPS) is 12.3. The monoisotopic (exact) mass is 838 g/mol. The van der Waals surface area contributed by atoms with Crippen LogP contribution in [0, 0.1) is 0 Å². The van der Waals surface area contributed by atoms with Gasteiger partial charge >= 0.3 is 0 Å². The number of hydrogen-bond acceptors (Lipinski definition) is 2. The van der Waals surface area contributed by atoms with E-state index in [0.29, 0.717) is 0 Å². The molecule has 0 bridgehead atoms. The van der Waals surface area contributed by atoms with Gasteiger partial charge in [0.1, 0.15) is 0 Å². The Labute approximate surface area is 280 Å². The summed E-state index contributed by atoms with van der Waals surface area (Å²) in [5, 5.41) is 7.40. The minimum absolute atomic E-state index is 0. The molecule has 0 fully saturated rings. The van der Waals surface area contributed by atoms with Crippen LogP contribution in [0.25, 0.3) is 0 Å². The molecule has 40 heavy (non-hydrogen) atoms. The Morgan fingerprint density at radius 1 is 0.325 bits per heavy atom. The van der Waals surface area contributed by atoms with Gasteiger partial charge in [-0.15, -0.1) is 31.7 Å². The topological polar surface area (TPSA) is 24.1 Å². The van der Waals surface area contributed by atoms with E-state index in [4.69, 9.17) is 0 Å². The molecule has 8 heteroatoms. The van der Waals surface area contributed by atoms with Crippen molar-refractivity contribution in [2.75, 3.05) is 50.8 Å². The summed E-state index contributed by atoms with van der Waals surface area (Å²) in [6, 6.07) is 0. The second-order valence-electron chi connectivity index (χ2n) is 13.2. The Morgan fingerprint density at radius 2 is 0.450 bits per heavy atom. The van der Waals surface area contributed by atoms with Crippen LogP contribution in [0.15, 0.2) is 0 Å². The van der Waals surface area contributed by atoms with Crippen LogP contribution in [-0.2, 0) is 20.1 Å². The molecule has 249 valence electrons. The van der Waals surface area contributed by atoms with Crippen molar-refractivity contribution in [3.05, 3.63) is 0 Å². The Bertz CT molecular complexity index is 413. The maximum absolute atomic E-state index is 3.70. The molecule has 0 amide bonds. The van der Waals surface area contributed by atoms with Gasteiger partial charge < -0.3 is 23.0 Å². The third kappa shape index (κ3) is 24.8. The molecule has 0 atom stereocenters. The van der Waals surface area contributed by atoms with Gasteiger partial charge in [-0.3, -0.25) is 0 Å². The van der Waals surface area contributed by atoms with E-state index in [1.807, 2.05) is 0 Å². The van der Waals surface area contributed by atoms with Gasteiger partial charge in [0.2, 0.25) is 0 Å². The van der Waals surface area contributed by atoms with E-state index in [-0.39, 0.29) is 64.2 Å². The molecule has 0 aliphatic heterocycles. The summed E-state index contributed by atoms with van der Waals surface area (Å²) in [5.41, 5.74) is 7.00. The molecule has 0 aliphatic carbocycles. The molecular formula is C32H74ClIrN2P4-. The fourth-order valence-electron chi connectivity index (χ4n) is 5.53. The summed E-state index contributed by atoms with van der Waals surface area (Å²) in [4.78, 5) is 0. The summed E-state index contributed by atoms with van der Waals surface area (Å²) in [6.45, 7) is 43.2. The van der Waals surface area contributed by atoms with E-state index >= 15 is 0 Å². The van der Waals surface area contributed by atoms with E-state index in [1.165, 1.54) is 50.8 Å². The molecule has 0 aromatic heterocycles. The summed E-state index contributed by atoms with van der Waals surface area (Å²) in [6.07, 6.45) is 5.58. The number of halogens is 1. The van der Waals surface area contributed by atoms with Crippen LogP contribution >= 0.6 is 31.7 Å². The summed E-state index contributed by atoms with van der Waals surface area (Å²) < 4.78 is 0. The number of nitrogens with one attached hydrogen (secondary N) is 2. The van der Waals surface area contributed by atoms with E-state index in [1.54, 1.807) is 0 Å². The van der Waals surface area contributed by atoms with Gasteiger partial charge in [-0.2, -0.15) is 0 Å². The first-order valence-corrected chi connectivity index (χ1v) is 22.6. The maximum Gasteiger partial charge on any atom is 0 e. The molecule has 0 aromatic rings. The second kappa shape index (κ2) is 29.0. The fraction of sp³-hybridized carbons (Fsp3) is 1.00. The van der Waals surface area contributed by atoms with Crippen LogP contribution in [0.4, 0.5) is 0 Å². The average Bonchev–Trinajstić information content (AvgIpc) is 2.76. The Hall–Kier alpha value is 2.58. The average molecular weight is 839 g/mol. The molecule has 0 aromatic carbocycles. The van der Waals surface area contributed by atoms with Crippen LogP contribution in [0.5, 0.6) is 0 Å². The predicted octanol–water partition coefficient (Wildman–Crippen LogP) is 7.35. The van der Waals surface area contributed by atoms with Gasteiger partial charge in [-0.1, -0.05) is 111 Å². The number of hydrogen-bond donors (Lipinski definition) is 2. The molecular weight excluding hydrogens is 764 g/mol. The van der Waals surface area contributed by atoms with Gasteiger partial charge in [-0.05, 0) is 96.1 Å². The van der Waals surface area contributed by atoms with Gasteiger partial charge in [0.15, 0.2) is 0 Å². The van der Waals surface area contributed by atoms with Gasteiger partial charge in [0.05, 0.1) is 0 Å². The summed E-state index contributed by atoms with van der Waals surface area (Å²) in [7, 11) is 0.829. The zero-order valence-corrected chi connectivity index (χ0v) is 36.5. The smallest absolute Gasteiger partial charge is 0 e. The molecule has 0 saturated heterocycles. The minimum atomic E-state index is 0. The van der Waals surface area contributed by atoms with Crippen molar-refractivity contribution < 1.29 is 32.5 Å². The molecule has 0 unspecified atom stereocenters. The third-order valence-electron chi connectivity index (χ3n) is 7.49. The van der Waals surface area contributed by atoms with E-state index in [9.17, 15) is 0 Å². The summed E-state index contributed by atoms with van der Waals surface area (Å²) in [5.74, 6) is 0. The zero-order valence-electron chi connectivity index (χ0n) is 29.8. The van der Waals surface area contributed by atoms with Crippen molar-refractivity contribution >= 4 is 31.7 Å². The van der Waals surface area contributed by atoms with Gasteiger partial charge in [0, 0.05) is 20.1 Å². The second-order valence-corrected chi connectivity index (χ2v) is 27.4. The predicted molar refractivity (Wildman–Crippen MR) is 194 cm³/mol. The first-order chi connectivity index (χ1) is 17.5. The molecule has 0 aliphatic rings. The van der Waals surface area contributed by atoms with E-state index < -0.39 is 0 Å². The van der Waals surface area contributed by atoms with Crippen LogP contribution in [-0.4, -0.2) is 96.1 Å². The quantitative estimate of drug-likeness (QED) is 0.0992. The molecule has 0 spiro atoms. The molecule has 2 N–H and O–H groups in total. The van der Waals surface area contributed by atoms with Crippen LogP contribution < -0.4 is 23.0 Å². The standard InChI is InChI=1S/2C16H37NP2.ClH.Ir/c2*1-13(2)18(14(3)4)11-9-17-10-12-19(15(5)6)16(7)8;;/h2*13-17H,9-12H2,1-8H3;1H;/p-1. The van der Waals surface area contributed by atoms with E-state index in [2.05, 4.69) is 121 Å². The fourth-order valence-corrected chi connectivity index (χ4v) is 16.1. The van der Waals surface area contributed by atoms with Gasteiger partial charge in [0.25, 0.3) is 0 Å². The first kappa shape index (κ1) is 49.5. The van der Waals surface area contributed by atoms with Crippen molar-refractivity contribution in [3.8, 4) is 0 Å². The Kier molecular flexibility index (Phi) is 35.9. The third-order valence-corrected chi connectivity index (χ3v) is 21.1. The molecule has 1 radical (unpaired) electrons. The first-order valence-electron chi connectivity index (χ1n) is 16.0. The molecule has 0 rings (SSSR count). The maximum atomic E-state index is 3.70. The Balaban J connectivity index is -0.000000309. The largest absolute Gasteiger partial charge is 1.00 e. The van der Waals surface area contributed by atoms with Crippen molar-refractivity contribution in [1.29, 1.82) is 0 Å². The SMILES string of the molecule is CC(C)P(CCNCCP(C(C)C)C(C)C)C(C)C.CC(C)P(CCNCCP(C(C)C)C(C)C)C(C)C.[Cl-].[Ir]. The zero-order chi connectivity index (χ0) is 30.0. The summed E-state index contributed by atoms with van der Waals surface area (Å²) >= 11 is 0.